The number of thioether (sulfide) groups is 1. The highest BCUT2D eigenvalue weighted by Gasteiger charge is 2.23. The van der Waals surface area contributed by atoms with Crippen molar-refractivity contribution in [1.29, 1.82) is 0 Å². The molecular formula is C22H26N4O3S. The number of hydrogen-bond donors (Lipinski definition) is 1. The van der Waals surface area contributed by atoms with Gasteiger partial charge in [0.25, 0.3) is 0 Å². The molecule has 2 aromatic heterocycles. The van der Waals surface area contributed by atoms with E-state index in [1.165, 1.54) is 11.8 Å². The lowest BCUT2D eigenvalue weighted by Gasteiger charge is -2.15. The molecule has 0 bridgehead atoms. The molecule has 1 N–H and O–H groups in total. The van der Waals surface area contributed by atoms with E-state index in [1.54, 1.807) is 6.26 Å². The van der Waals surface area contributed by atoms with Gasteiger partial charge in [-0.2, -0.15) is 0 Å². The van der Waals surface area contributed by atoms with Crippen LogP contribution < -0.4 is 5.32 Å². The van der Waals surface area contributed by atoms with Gasteiger partial charge in [-0.1, -0.05) is 30.0 Å². The number of nitrogens with one attached hydrogen (secondary N) is 1. The molecule has 4 rings (SSSR count). The number of ether oxygens (including phenoxy) is 1. The minimum atomic E-state index is -0.0647. The van der Waals surface area contributed by atoms with Crippen LogP contribution in [0.1, 0.15) is 29.7 Å². The van der Waals surface area contributed by atoms with Crippen molar-refractivity contribution >= 4 is 23.4 Å². The second-order valence-electron chi connectivity index (χ2n) is 7.55. The fourth-order valence-corrected chi connectivity index (χ4v) is 4.43. The Bertz CT molecular complexity index is 1020. The highest BCUT2D eigenvalue weighted by molar-refractivity contribution is 7.99. The van der Waals surface area contributed by atoms with Crippen LogP contribution in [0.4, 0.5) is 5.69 Å². The molecule has 1 aliphatic heterocycles. The maximum atomic E-state index is 12.6. The van der Waals surface area contributed by atoms with E-state index < -0.39 is 0 Å². The molecule has 30 heavy (non-hydrogen) atoms. The number of carbonyl (C=O) groups excluding carboxylic acids is 1. The van der Waals surface area contributed by atoms with Crippen molar-refractivity contribution in [3.63, 3.8) is 0 Å². The van der Waals surface area contributed by atoms with Gasteiger partial charge in [-0.3, -0.25) is 9.36 Å². The molecule has 0 spiro atoms. The van der Waals surface area contributed by atoms with E-state index in [9.17, 15) is 4.79 Å². The molecule has 1 atom stereocenters. The summed E-state index contributed by atoms with van der Waals surface area (Å²) in [5.41, 5.74) is 3.88. The number of hydrogen-bond acceptors (Lipinski definition) is 6. The molecule has 1 amide bonds. The average molecular weight is 427 g/mol. The maximum Gasteiger partial charge on any atom is 0.234 e. The van der Waals surface area contributed by atoms with E-state index in [0.717, 1.165) is 53.4 Å². The third kappa shape index (κ3) is 4.44. The van der Waals surface area contributed by atoms with Crippen LogP contribution in [0.2, 0.25) is 0 Å². The first kappa shape index (κ1) is 20.7. The summed E-state index contributed by atoms with van der Waals surface area (Å²) in [4.78, 5) is 12.6. The Morgan fingerprint density at radius 3 is 2.70 bits per heavy atom. The van der Waals surface area contributed by atoms with Crippen molar-refractivity contribution in [2.75, 3.05) is 17.7 Å². The van der Waals surface area contributed by atoms with Crippen molar-refractivity contribution in [2.24, 2.45) is 0 Å². The molecule has 1 saturated heterocycles. The molecule has 8 heteroatoms. The molecule has 3 aromatic rings. The molecule has 1 unspecified atom stereocenters. The summed E-state index contributed by atoms with van der Waals surface area (Å²) in [6.45, 7) is 7.34. The van der Waals surface area contributed by atoms with Crippen LogP contribution in [0.3, 0.4) is 0 Å². The zero-order chi connectivity index (χ0) is 21.1. The van der Waals surface area contributed by atoms with Crippen molar-refractivity contribution in [3.05, 3.63) is 47.4 Å². The van der Waals surface area contributed by atoms with Crippen molar-refractivity contribution < 1.29 is 13.9 Å². The summed E-state index contributed by atoms with van der Waals surface area (Å²) < 4.78 is 13.3. The lowest BCUT2D eigenvalue weighted by Crippen LogP contribution is -2.18. The molecule has 1 fully saturated rings. The molecule has 1 aromatic carbocycles. The second kappa shape index (κ2) is 9.06. The fraction of sp³-hybridized carbons (Fsp3) is 0.409. The van der Waals surface area contributed by atoms with Gasteiger partial charge in [0.2, 0.25) is 5.91 Å². The molecule has 1 aliphatic rings. The quantitative estimate of drug-likeness (QED) is 0.565. The van der Waals surface area contributed by atoms with E-state index in [-0.39, 0.29) is 17.8 Å². The van der Waals surface area contributed by atoms with E-state index in [0.29, 0.717) is 11.7 Å². The SMILES string of the molecule is Cc1cccc(C)c1NC(=O)CSc1nnc(-c2ccoc2C)n1CC1CCCO1. The number of aryl methyl sites for hydroxylation is 3. The van der Waals surface area contributed by atoms with Gasteiger partial charge in [-0.15, -0.1) is 10.2 Å². The predicted octanol–water partition coefficient (Wildman–Crippen LogP) is 4.37. The monoisotopic (exact) mass is 426 g/mol. The number of benzene rings is 1. The average Bonchev–Trinajstić information content (AvgIpc) is 3.46. The van der Waals surface area contributed by atoms with Crippen LogP contribution >= 0.6 is 11.8 Å². The number of amides is 1. The zero-order valence-corrected chi connectivity index (χ0v) is 18.3. The Hall–Kier alpha value is -2.58. The normalized spacial score (nSPS) is 16.2. The van der Waals surface area contributed by atoms with Gasteiger partial charge in [0.1, 0.15) is 5.76 Å². The highest BCUT2D eigenvalue weighted by Crippen LogP contribution is 2.29. The third-order valence-corrected chi connectivity index (χ3v) is 6.27. The first-order valence-corrected chi connectivity index (χ1v) is 11.1. The van der Waals surface area contributed by atoms with Gasteiger partial charge in [0.15, 0.2) is 11.0 Å². The summed E-state index contributed by atoms with van der Waals surface area (Å²) in [6, 6.07) is 7.87. The van der Waals surface area contributed by atoms with Gasteiger partial charge >= 0.3 is 0 Å². The topological polar surface area (TPSA) is 82.2 Å². The Morgan fingerprint density at radius 2 is 2.03 bits per heavy atom. The molecular weight excluding hydrogens is 400 g/mol. The van der Waals surface area contributed by atoms with Gasteiger partial charge in [0, 0.05) is 12.3 Å². The standard InChI is InChI=1S/C22H26N4O3S/c1-14-6-4-7-15(2)20(14)23-19(27)13-30-22-25-24-21(18-9-11-28-16(18)3)26(22)12-17-8-5-10-29-17/h4,6-7,9,11,17H,5,8,10,12-13H2,1-3H3,(H,23,27). The summed E-state index contributed by atoms with van der Waals surface area (Å²) in [5, 5.41) is 12.5. The van der Waals surface area contributed by atoms with Crippen LogP contribution in [0.25, 0.3) is 11.4 Å². The molecule has 7 nitrogen and oxygen atoms in total. The largest absolute Gasteiger partial charge is 0.469 e. The maximum absolute atomic E-state index is 12.6. The van der Waals surface area contributed by atoms with E-state index in [4.69, 9.17) is 9.15 Å². The number of aromatic nitrogens is 3. The Kier molecular flexibility index (Phi) is 6.24. The predicted molar refractivity (Wildman–Crippen MR) is 117 cm³/mol. The summed E-state index contributed by atoms with van der Waals surface area (Å²) in [7, 11) is 0. The summed E-state index contributed by atoms with van der Waals surface area (Å²) in [6.07, 6.45) is 3.86. The van der Waals surface area contributed by atoms with Gasteiger partial charge in [-0.05, 0) is 50.8 Å². The fourth-order valence-electron chi connectivity index (χ4n) is 3.69. The van der Waals surface area contributed by atoms with Gasteiger partial charge in [0.05, 0.1) is 30.2 Å². The lowest BCUT2D eigenvalue weighted by atomic mass is 10.1. The minimum absolute atomic E-state index is 0.0647. The zero-order valence-electron chi connectivity index (χ0n) is 17.5. The highest BCUT2D eigenvalue weighted by atomic mass is 32.2. The van der Waals surface area contributed by atoms with Crippen molar-refractivity contribution in [1.82, 2.24) is 14.8 Å². The summed E-state index contributed by atoms with van der Waals surface area (Å²) in [5.74, 6) is 1.72. The van der Waals surface area contributed by atoms with Crippen molar-refractivity contribution in [2.45, 2.75) is 51.4 Å². The van der Waals surface area contributed by atoms with Gasteiger partial charge < -0.3 is 14.5 Å². The lowest BCUT2D eigenvalue weighted by molar-refractivity contribution is -0.113. The smallest absolute Gasteiger partial charge is 0.234 e. The van der Waals surface area contributed by atoms with E-state index in [1.807, 2.05) is 49.6 Å². The number of nitrogens with zero attached hydrogens (tertiary/aromatic N) is 3. The van der Waals surface area contributed by atoms with Crippen LogP contribution in [0.5, 0.6) is 0 Å². The molecule has 3 heterocycles. The number of rotatable bonds is 7. The molecule has 0 saturated carbocycles. The number of para-hydroxylation sites is 1. The van der Waals surface area contributed by atoms with E-state index in [2.05, 4.69) is 15.5 Å². The van der Waals surface area contributed by atoms with Crippen LogP contribution in [0.15, 0.2) is 40.1 Å². The van der Waals surface area contributed by atoms with E-state index >= 15 is 0 Å². The van der Waals surface area contributed by atoms with Crippen molar-refractivity contribution in [3.8, 4) is 11.4 Å². The molecule has 158 valence electrons. The second-order valence-corrected chi connectivity index (χ2v) is 8.49. The number of carbonyl (C=O) groups is 1. The molecule has 0 radical (unpaired) electrons. The summed E-state index contributed by atoms with van der Waals surface area (Å²) >= 11 is 1.38. The number of anilines is 1. The Labute approximate surface area is 180 Å². The Balaban J connectivity index is 1.51. The number of furan rings is 1. The van der Waals surface area contributed by atoms with Crippen LogP contribution in [-0.2, 0) is 16.1 Å². The first-order chi connectivity index (χ1) is 14.5. The third-order valence-electron chi connectivity index (χ3n) is 5.30. The molecule has 0 aliphatic carbocycles. The van der Waals surface area contributed by atoms with Crippen LogP contribution in [-0.4, -0.2) is 39.1 Å². The van der Waals surface area contributed by atoms with Crippen LogP contribution in [0, 0.1) is 20.8 Å². The Morgan fingerprint density at radius 1 is 1.23 bits per heavy atom. The first-order valence-electron chi connectivity index (χ1n) is 10.1. The van der Waals surface area contributed by atoms with Gasteiger partial charge in [-0.25, -0.2) is 0 Å². The minimum Gasteiger partial charge on any atom is -0.469 e.